The van der Waals surface area contributed by atoms with Crippen molar-refractivity contribution in [1.82, 2.24) is 24.1 Å². The first-order valence-corrected chi connectivity index (χ1v) is 23.4. The summed E-state index contributed by atoms with van der Waals surface area (Å²) >= 11 is 0. The van der Waals surface area contributed by atoms with Crippen LogP contribution in [0.15, 0.2) is 182 Å². The van der Waals surface area contributed by atoms with Crippen LogP contribution < -0.4 is 27.3 Å². The second-order valence-electron chi connectivity index (χ2n) is 18.0. The van der Waals surface area contributed by atoms with Crippen LogP contribution in [0, 0.1) is 0 Å². The van der Waals surface area contributed by atoms with Gasteiger partial charge in [-0.15, -0.1) is 16.4 Å². The van der Waals surface area contributed by atoms with Crippen molar-refractivity contribution in [3.63, 3.8) is 0 Å². The fourth-order valence-electron chi connectivity index (χ4n) is 10.6. The number of hydrogen-bond acceptors (Lipinski definition) is 3. The zero-order valence-electron chi connectivity index (χ0n) is 38.5. The molecule has 0 atom stereocenters. The van der Waals surface area contributed by atoms with Crippen molar-refractivity contribution in [2.24, 2.45) is 0 Å². The Labute approximate surface area is 395 Å². The fraction of sp³-hybridized carbons (Fsp3) is 0.0351. The maximum Gasteiger partial charge on any atom is 0.238 e. The molecular weight excluding hydrogens is 809 g/mol. The lowest BCUT2D eigenvalue weighted by Gasteiger charge is -2.22. The van der Waals surface area contributed by atoms with Gasteiger partial charge in [0.15, 0.2) is 11.6 Å². The number of para-hydroxylation sites is 2. The number of allylic oxidation sites excluding steroid dienone is 4. The SMILES string of the molecule is Bc1c(B)c(B)c(-c2ccc(-n3c4ccccc4c4ccc5c6ccccc6n(-c6nc(C7=CCCC=C7)nc(-c7ccc(-c8ccccc8)cc7)n6)c5c43)c(-c3ccccc3)c2)c(B)c1B. The molecule has 11 aromatic rings. The first-order valence-electron chi connectivity index (χ1n) is 23.4. The molecule has 10 heteroatoms. The highest BCUT2D eigenvalue weighted by atomic mass is 15.2. The predicted octanol–water partition coefficient (Wildman–Crippen LogP) is 5.76. The minimum Gasteiger partial charge on any atom is -0.307 e. The standard InChI is InChI=1S/C57H44B5N5/c58-48-47(49(59)51(61)52(62)50(48)60)38-28-31-46(43(32-38)35-16-6-2-7-17-35)66-44-22-12-10-20-39(44)41-29-30-42-40-21-11-13-23-45(40)67(54(42)53(41)66)57-64-55(36-18-8-3-9-19-36)63-56(65-57)37-26-24-34(25-27-37)33-14-4-1-5-15-33/h1-2,4-8,10-32H,3,9,58-62H2. The van der Waals surface area contributed by atoms with E-state index in [1.165, 1.54) is 49.4 Å². The molecule has 1 aliphatic rings. The molecule has 12 rings (SSSR count). The summed E-state index contributed by atoms with van der Waals surface area (Å²) in [6.07, 6.45) is 8.56. The molecule has 0 amide bonds. The van der Waals surface area contributed by atoms with Crippen molar-refractivity contribution in [2.75, 3.05) is 0 Å². The van der Waals surface area contributed by atoms with Crippen molar-refractivity contribution in [3.8, 4) is 56.4 Å². The molecule has 0 fully saturated rings. The lowest BCUT2D eigenvalue weighted by molar-refractivity contribution is 0.928. The van der Waals surface area contributed by atoms with Crippen LogP contribution in [-0.2, 0) is 0 Å². The van der Waals surface area contributed by atoms with E-state index in [4.69, 9.17) is 15.0 Å². The van der Waals surface area contributed by atoms with E-state index in [1.807, 2.05) is 0 Å². The maximum atomic E-state index is 5.43. The monoisotopic (exact) mass is 853 g/mol. The first-order chi connectivity index (χ1) is 32.8. The number of benzene rings is 8. The van der Waals surface area contributed by atoms with Gasteiger partial charge in [-0.3, -0.25) is 4.57 Å². The summed E-state index contributed by atoms with van der Waals surface area (Å²) in [5.74, 6) is 1.88. The normalized spacial score (nSPS) is 12.7. The van der Waals surface area contributed by atoms with Crippen molar-refractivity contribution in [1.29, 1.82) is 0 Å². The highest BCUT2D eigenvalue weighted by Gasteiger charge is 2.25. The Bertz CT molecular complexity index is 3830. The fourth-order valence-corrected chi connectivity index (χ4v) is 10.6. The molecule has 1 aliphatic carbocycles. The third kappa shape index (κ3) is 6.65. The van der Waals surface area contributed by atoms with Crippen molar-refractivity contribution in [2.45, 2.75) is 12.8 Å². The summed E-state index contributed by atoms with van der Waals surface area (Å²) in [4.78, 5) is 16.1. The summed E-state index contributed by atoms with van der Waals surface area (Å²) in [5, 5.41) is 4.62. The number of aromatic nitrogens is 5. The molecular formula is C57H44B5N5. The van der Waals surface area contributed by atoms with Crippen LogP contribution in [-0.4, -0.2) is 63.3 Å². The molecule has 8 aromatic carbocycles. The molecule has 0 radical (unpaired) electrons. The van der Waals surface area contributed by atoms with Gasteiger partial charge < -0.3 is 4.57 Å². The van der Waals surface area contributed by atoms with Crippen LogP contribution >= 0.6 is 0 Å². The van der Waals surface area contributed by atoms with E-state index < -0.39 is 0 Å². The Kier molecular flexibility index (Phi) is 9.86. The number of rotatable bonds is 7. The zero-order valence-corrected chi connectivity index (χ0v) is 38.5. The van der Waals surface area contributed by atoms with Gasteiger partial charge in [-0.2, -0.15) is 9.97 Å². The average molecular weight is 853 g/mol. The highest BCUT2D eigenvalue weighted by Crippen LogP contribution is 2.43. The summed E-state index contributed by atoms with van der Waals surface area (Å²) in [6, 6.07) is 59.2. The van der Waals surface area contributed by atoms with Gasteiger partial charge in [0, 0.05) is 38.2 Å². The van der Waals surface area contributed by atoms with Crippen molar-refractivity contribution < 1.29 is 0 Å². The van der Waals surface area contributed by atoms with Crippen LogP contribution in [0.25, 0.3) is 106 Å². The maximum absolute atomic E-state index is 5.43. The van der Waals surface area contributed by atoms with E-state index in [1.54, 1.807) is 0 Å². The summed E-state index contributed by atoms with van der Waals surface area (Å²) in [5.41, 5.74) is 21.3. The van der Waals surface area contributed by atoms with Gasteiger partial charge in [-0.1, -0.05) is 169 Å². The van der Waals surface area contributed by atoms with E-state index in [0.29, 0.717) is 17.6 Å². The van der Waals surface area contributed by atoms with Crippen LogP contribution in [0.4, 0.5) is 0 Å². The van der Waals surface area contributed by atoms with Crippen LogP contribution in [0.5, 0.6) is 0 Å². The van der Waals surface area contributed by atoms with Gasteiger partial charge in [0.2, 0.25) is 5.95 Å². The zero-order chi connectivity index (χ0) is 45.3. The Hall–Kier alpha value is -7.83. The number of fused-ring (bicyclic) bond motifs is 7. The van der Waals surface area contributed by atoms with Crippen molar-refractivity contribution in [3.05, 3.63) is 188 Å². The molecule has 0 spiro atoms. The molecule has 5 nitrogen and oxygen atoms in total. The van der Waals surface area contributed by atoms with Crippen LogP contribution in [0.1, 0.15) is 18.7 Å². The van der Waals surface area contributed by atoms with Gasteiger partial charge >= 0.3 is 0 Å². The third-order valence-corrected chi connectivity index (χ3v) is 14.4. The van der Waals surface area contributed by atoms with Gasteiger partial charge in [0.25, 0.3) is 0 Å². The Morgan fingerprint density at radius 2 is 0.925 bits per heavy atom. The van der Waals surface area contributed by atoms with E-state index in [0.717, 1.165) is 84.6 Å². The summed E-state index contributed by atoms with van der Waals surface area (Å²) in [7, 11) is 11.3. The quantitative estimate of drug-likeness (QED) is 0.192. The minimum atomic E-state index is 0.581. The number of hydrogen-bond donors (Lipinski definition) is 0. The van der Waals surface area contributed by atoms with E-state index in [9.17, 15) is 0 Å². The Morgan fingerprint density at radius 1 is 0.403 bits per heavy atom. The van der Waals surface area contributed by atoms with Crippen LogP contribution in [0.3, 0.4) is 0 Å². The molecule has 312 valence electrons. The Morgan fingerprint density at radius 3 is 1.57 bits per heavy atom. The number of nitrogens with zero attached hydrogens (tertiary/aromatic N) is 5. The highest BCUT2D eigenvalue weighted by molar-refractivity contribution is 6.68. The van der Waals surface area contributed by atoms with E-state index in [2.05, 4.69) is 230 Å². The molecule has 67 heavy (non-hydrogen) atoms. The summed E-state index contributed by atoms with van der Waals surface area (Å²) in [6.45, 7) is 0. The lowest BCUT2D eigenvalue weighted by atomic mass is 9.59. The molecule has 3 aromatic heterocycles. The second kappa shape index (κ2) is 16.3. The predicted molar refractivity (Wildman–Crippen MR) is 297 cm³/mol. The van der Waals surface area contributed by atoms with Gasteiger partial charge in [-0.05, 0) is 64.9 Å². The van der Waals surface area contributed by atoms with E-state index >= 15 is 0 Å². The van der Waals surface area contributed by atoms with Crippen molar-refractivity contribution >= 4 is 116 Å². The second-order valence-corrected chi connectivity index (χ2v) is 18.0. The molecule has 3 heterocycles. The molecule has 0 aliphatic heterocycles. The third-order valence-electron chi connectivity index (χ3n) is 14.4. The molecule has 0 N–H and O–H groups in total. The molecule has 0 bridgehead atoms. The lowest BCUT2D eigenvalue weighted by Crippen LogP contribution is -2.55. The van der Waals surface area contributed by atoms with Crippen LogP contribution in [0.2, 0.25) is 0 Å². The van der Waals surface area contributed by atoms with E-state index in [-0.39, 0.29) is 0 Å². The summed E-state index contributed by atoms with van der Waals surface area (Å²) < 4.78 is 4.79. The Balaban J connectivity index is 1.17. The van der Waals surface area contributed by atoms with Gasteiger partial charge in [0.1, 0.15) is 39.2 Å². The molecule has 0 saturated heterocycles. The molecule has 0 unspecified atom stereocenters. The average Bonchev–Trinajstić information content (AvgIpc) is 3.91. The topological polar surface area (TPSA) is 48.5 Å². The minimum absolute atomic E-state index is 0.581. The molecule has 0 saturated carbocycles. The smallest absolute Gasteiger partial charge is 0.238 e. The van der Waals surface area contributed by atoms with Gasteiger partial charge in [0.05, 0.1) is 27.8 Å². The first kappa shape index (κ1) is 40.7. The van der Waals surface area contributed by atoms with Gasteiger partial charge in [-0.25, -0.2) is 4.98 Å². The largest absolute Gasteiger partial charge is 0.307 e.